The van der Waals surface area contributed by atoms with E-state index in [9.17, 15) is 14.9 Å². The van der Waals surface area contributed by atoms with Crippen molar-refractivity contribution in [1.82, 2.24) is 5.32 Å². The Labute approximate surface area is 98.2 Å². The number of hydrogen-bond donors (Lipinski definition) is 2. The first-order chi connectivity index (χ1) is 8.16. The van der Waals surface area contributed by atoms with E-state index in [1.165, 1.54) is 12.1 Å². The number of nitro benzene ring substituents is 1. The average molecular weight is 235 g/mol. The van der Waals surface area contributed by atoms with Crippen LogP contribution in [0.1, 0.15) is 6.42 Å². The molecule has 0 saturated carbocycles. The van der Waals surface area contributed by atoms with E-state index in [1.807, 2.05) is 0 Å². The molecule has 1 amide bonds. The molecule has 1 heterocycles. The minimum absolute atomic E-state index is 0.0210. The van der Waals surface area contributed by atoms with Crippen molar-refractivity contribution in [3.8, 4) is 0 Å². The van der Waals surface area contributed by atoms with E-state index >= 15 is 0 Å². The molecule has 1 unspecified atom stereocenters. The summed E-state index contributed by atoms with van der Waals surface area (Å²) in [6.07, 6.45) is 0.806. The van der Waals surface area contributed by atoms with Gasteiger partial charge in [0.25, 0.3) is 5.69 Å². The minimum Gasteiger partial charge on any atom is -0.326 e. The van der Waals surface area contributed by atoms with Gasteiger partial charge in [-0.1, -0.05) is 6.07 Å². The molecule has 1 atom stereocenters. The highest BCUT2D eigenvalue weighted by Crippen LogP contribution is 2.18. The summed E-state index contributed by atoms with van der Waals surface area (Å²) in [5, 5.41) is 16.4. The first kappa shape index (κ1) is 11.5. The van der Waals surface area contributed by atoms with Gasteiger partial charge in [-0.15, -0.1) is 0 Å². The largest absolute Gasteiger partial charge is 0.326 e. The molecule has 6 heteroatoms. The lowest BCUT2D eigenvalue weighted by Crippen LogP contribution is -2.24. The van der Waals surface area contributed by atoms with Gasteiger partial charge in [-0.25, -0.2) is 0 Å². The molecular formula is C11H13N3O3. The summed E-state index contributed by atoms with van der Waals surface area (Å²) < 4.78 is 0. The molecule has 90 valence electrons. The molecule has 1 aromatic rings. The lowest BCUT2D eigenvalue weighted by Gasteiger charge is -2.09. The van der Waals surface area contributed by atoms with Crippen LogP contribution >= 0.6 is 0 Å². The fourth-order valence-electron chi connectivity index (χ4n) is 1.82. The zero-order chi connectivity index (χ0) is 12.3. The minimum atomic E-state index is -0.479. The van der Waals surface area contributed by atoms with Crippen molar-refractivity contribution < 1.29 is 9.72 Å². The molecule has 0 radical (unpaired) electrons. The summed E-state index contributed by atoms with van der Waals surface area (Å²) in [6, 6.07) is 5.96. The van der Waals surface area contributed by atoms with Crippen molar-refractivity contribution in [2.45, 2.75) is 6.42 Å². The highest BCUT2D eigenvalue weighted by molar-refractivity contribution is 5.93. The fourth-order valence-corrected chi connectivity index (χ4v) is 1.82. The number of carbonyl (C=O) groups excluding carboxylic acids is 1. The van der Waals surface area contributed by atoms with Crippen LogP contribution in [0.2, 0.25) is 0 Å². The Kier molecular flexibility index (Phi) is 3.34. The summed E-state index contributed by atoms with van der Waals surface area (Å²) in [6.45, 7) is 1.51. The number of carbonyl (C=O) groups is 1. The second kappa shape index (κ2) is 4.92. The summed E-state index contributed by atoms with van der Waals surface area (Å²) in [7, 11) is 0. The number of anilines is 1. The number of hydrogen-bond acceptors (Lipinski definition) is 4. The lowest BCUT2D eigenvalue weighted by atomic mass is 10.1. The molecule has 17 heavy (non-hydrogen) atoms. The molecule has 0 bridgehead atoms. The molecule has 1 aliphatic heterocycles. The SMILES string of the molecule is O=C(Nc1cccc([N+](=O)[O-])c1)C1CCNC1. The molecule has 0 aliphatic carbocycles. The Balaban J connectivity index is 2.05. The lowest BCUT2D eigenvalue weighted by molar-refractivity contribution is -0.384. The van der Waals surface area contributed by atoms with Crippen molar-refractivity contribution in [1.29, 1.82) is 0 Å². The summed E-state index contributed by atoms with van der Waals surface area (Å²) >= 11 is 0. The molecule has 0 spiro atoms. The summed E-state index contributed by atoms with van der Waals surface area (Å²) in [5.41, 5.74) is 0.448. The van der Waals surface area contributed by atoms with Crippen molar-refractivity contribution in [2.24, 2.45) is 5.92 Å². The molecule has 6 nitrogen and oxygen atoms in total. The van der Waals surface area contributed by atoms with E-state index in [1.54, 1.807) is 12.1 Å². The van der Waals surface area contributed by atoms with Gasteiger partial charge in [-0.3, -0.25) is 14.9 Å². The van der Waals surface area contributed by atoms with E-state index in [-0.39, 0.29) is 17.5 Å². The predicted molar refractivity (Wildman–Crippen MR) is 62.7 cm³/mol. The molecule has 1 saturated heterocycles. The molecule has 1 aromatic carbocycles. The van der Waals surface area contributed by atoms with Gasteiger partial charge in [-0.2, -0.15) is 0 Å². The molecule has 0 aromatic heterocycles. The van der Waals surface area contributed by atoms with Crippen LogP contribution < -0.4 is 10.6 Å². The van der Waals surface area contributed by atoms with Crippen LogP contribution in [0.15, 0.2) is 24.3 Å². The number of nitrogens with zero attached hydrogens (tertiary/aromatic N) is 1. The van der Waals surface area contributed by atoms with Gasteiger partial charge in [0.05, 0.1) is 10.8 Å². The van der Waals surface area contributed by atoms with Crippen LogP contribution in [-0.4, -0.2) is 23.9 Å². The molecular weight excluding hydrogens is 222 g/mol. The highest BCUT2D eigenvalue weighted by Gasteiger charge is 2.22. The number of nitro groups is 1. The standard InChI is InChI=1S/C11H13N3O3/c15-11(8-4-5-12-7-8)13-9-2-1-3-10(6-9)14(16)17/h1-3,6,8,12H,4-5,7H2,(H,13,15). The third-order valence-electron chi connectivity index (χ3n) is 2.76. The van der Waals surface area contributed by atoms with Crippen LogP contribution in [0.4, 0.5) is 11.4 Å². The smallest absolute Gasteiger partial charge is 0.271 e. The van der Waals surface area contributed by atoms with Gasteiger partial charge in [0, 0.05) is 24.4 Å². The van der Waals surface area contributed by atoms with E-state index < -0.39 is 4.92 Å². The second-order valence-corrected chi connectivity index (χ2v) is 3.99. The van der Waals surface area contributed by atoms with Crippen LogP contribution in [0, 0.1) is 16.0 Å². The third-order valence-corrected chi connectivity index (χ3v) is 2.76. The van der Waals surface area contributed by atoms with Gasteiger partial charge in [0.2, 0.25) is 5.91 Å². The number of rotatable bonds is 3. The topological polar surface area (TPSA) is 84.3 Å². The summed E-state index contributed by atoms with van der Waals surface area (Å²) in [4.78, 5) is 21.9. The van der Waals surface area contributed by atoms with Crippen molar-refractivity contribution in [2.75, 3.05) is 18.4 Å². The van der Waals surface area contributed by atoms with Crippen LogP contribution in [0.3, 0.4) is 0 Å². The first-order valence-electron chi connectivity index (χ1n) is 5.43. The first-order valence-corrected chi connectivity index (χ1v) is 5.43. The maximum Gasteiger partial charge on any atom is 0.271 e. The van der Waals surface area contributed by atoms with Crippen LogP contribution in [-0.2, 0) is 4.79 Å². The molecule has 2 rings (SSSR count). The maximum absolute atomic E-state index is 11.8. The van der Waals surface area contributed by atoms with Gasteiger partial charge < -0.3 is 10.6 Å². The maximum atomic E-state index is 11.8. The van der Waals surface area contributed by atoms with Crippen molar-refractivity contribution in [3.05, 3.63) is 34.4 Å². The second-order valence-electron chi connectivity index (χ2n) is 3.99. The van der Waals surface area contributed by atoms with E-state index in [4.69, 9.17) is 0 Å². The van der Waals surface area contributed by atoms with Crippen molar-refractivity contribution >= 4 is 17.3 Å². The molecule has 1 fully saturated rings. The Hall–Kier alpha value is -1.95. The Morgan fingerprint density at radius 1 is 1.53 bits per heavy atom. The molecule has 2 N–H and O–H groups in total. The van der Waals surface area contributed by atoms with E-state index in [0.29, 0.717) is 12.2 Å². The average Bonchev–Trinajstić information content (AvgIpc) is 2.82. The third kappa shape index (κ3) is 2.79. The van der Waals surface area contributed by atoms with Gasteiger partial charge >= 0.3 is 0 Å². The normalized spacial score (nSPS) is 18.9. The number of benzene rings is 1. The Bertz CT molecular complexity index is 441. The Morgan fingerprint density at radius 2 is 2.35 bits per heavy atom. The Morgan fingerprint density at radius 3 is 3.00 bits per heavy atom. The number of non-ortho nitro benzene ring substituents is 1. The highest BCUT2D eigenvalue weighted by atomic mass is 16.6. The zero-order valence-electron chi connectivity index (χ0n) is 9.18. The van der Waals surface area contributed by atoms with E-state index in [2.05, 4.69) is 10.6 Å². The number of nitrogens with one attached hydrogen (secondary N) is 2. The van der Waals surface area contributed by atoms with E-state index in [0.717, 1.165) is 13.0 Å². The van der Waals surface area contributed by atoms with Crippen LogP contribution in [0.25, 0.3) is 0 Å². The fraction of sp³-hybridized carbons (Fsp3) is 0.364. The summed E-state index contributed by atoms with van der Waals surface area (Å²) in [5.74, 6) is -0.134. The monoisotopic (exact) mass is 235 g/mol. The predicted octanol–water partition coefficient (Wildman–Crippen LogP) is 1.14. The molecule has 1 aliphatic rings. The quantitative estimate of drug-likeness (QED) is 0.607. The number of amides is 1. The van der Waals surface area contributed by atoms with Gasteiger partial charge in [0.1, 0.15) is 0 Å². The zero-order valence-corrected chi connectivity index (χ0v) is 9.18. The van der Waals surface area contributed by atoms with Crippen molar-refractivity contribution in [3.63, 3.8) is 0 Å². The van der Waals surface area contributed by atoms with Crippen LogP contribution in [0.5, 0.6) is 0 Å². The van der Waals surface area contributed by atoms with Gasteiger partial charge in [0.15, 0.2) is 0 Å². The van der Waals surface area contributed by atoms with Gasteiger partial charge in [-0.05, 0) is 19.0 Å².